The topological polar surface area (TPSA) is 83.6 Å². The summed E-state index contributed by atoms with van der Waals surface area (Å²) in [5.41, 5.74) is 5.49. The first kappa shape index (κ1) is 28.0. The van der Waals surface area contributed by atoms with Crippen molar-refractivity contribution < 1.29 is 16.8 Å². The lowest BCUT2D eigenvalue weighted by atomic mass is 10.2. The van der Waals surface area contributed by atoms with Gasteiger partial charge in [-0.2, -0.15) is 0 Å². The van der Waals surface area contributed by atoms with Gasteiger partial charge in [0.05, 0.1) is 15.5 Å². The normalized spacial score (nSPS) is 11.3. The molecule has 0 spiro atoms. The van der Waals surface area contributed by atoms with Crippen LogP contribution >= 0.6 is 0 Å². The van der Waals surface area contributed by atoms with E-state index in [-0.39, 0.29) is 4.90 Å². The molecule has 4 aromatic carbocycles. The Labute approximate surface area is 220 Å². The minimum absolute atomic E-state index is 0.272. The van der Waals surface area contributed by atoms with Gasteiger partial charge in [0.15, 0.2) is 0 Å². The van der Waals surface area contributed by atoms with Crippen LogP contribution in [0.5, 0.6) is 0 Å². The van der Waals surface area contributed by atoms with E-state index in [2.05, 4.69) is 4.72 Å². The van der Waals surface area contributed by atoms with E-state index in [1.807, 2.05) is 52.0 Å². The first-order valence-electron chi connectivity index (χ1n) is 11.7. The van der Waals surface area contributed by atoms with E-state index >= 15 is 0 Å². The quantitative estimate of drug-likeness (QED) is 0.317. The molecule has 1 N–H and O–H groups in total. The van der Waals surface area contributed by atoms with Crippen molar-refractivity contribution in [1.82, 2.24) is 0 Å². The Kier molecular flexibility index (Phi) is 8.78. The van der Waals surface area contributed by atoms with Gasteiger partial charge >= 0.3 is 0 Å². The first-order valence-corrected chi connectivity index (χ1v) is 14.6. The third kappa shape index (κ3) is 7.44. The van der Waals surface area contributed by atoms with Gasteiger partial charge < -0.3 is 0 Å². The molecule has 0 atom stereocenters. The zero-order valence-corrected chi connectivity index (χ0v) is 23.3. The third-order valence-electron chi connectivity index (χ3n) is 5.71. The summed E-state index contributed by atoms with van der Waals surface area (Å²) in [4.78, 5) is 0.579. The SMILES string of the molecule is Cc1ccc(N(C)S(=O)(=O)c2ccc(C)cc2)cc1.Cc1ccc(NS(=O)(=O)c2ccc(C)cc2)cc1. The van der Waals surface area contributed by atoms with Gasteiger partial charge in [-0.15, -0.1) is 0 Å². The molecule has 8 heteroatoms. The van der Waals surface area contributed by atoms with Crippen molar-refractivity contribution >= 4 is 31.4 Å². The highest BCUT2D eigenvalue weighted by molar-refractivity contribution is 7.93. The molecule has 0 saturated carbocycles. The van der Waals surface area contributed by atoms with Gasteiger partial charge in [-0.05, 0) is 76.2 Å². The van der Waals surface area contributed by atoms with Crippen molar-refractivity contribution in [3.8, 4) is 0 Å². The second kappa shape index (κ2) is 11.6. The average Bonchev–Trinajstić information content (AvgIpc) is 2.86. The third-order valence-corrected chi connectivity index (χ3v) is 8.91. The second-order valence-electron chi connectivity index (χ2n) is 8.91. The standard InChI is InChI=1S/C15H17NO2S.C14H15NO2S/c1-12-4-8-14(9-5-12)16(3)19(17,18)15-10-6-13(2)7-11-15;1-11-3-7-13(8-4-11)15-18(16,17)14-9-5-12(2)6-10-14/h4-11H,1-3H3;3-10,15H,1-2H3. The van der Waals surface area contributed by atoms with Crippen molar-refractivity contribution in [3.63, 3.8) is 0 Å². The molecule has 0 saturated heterocycles. The fourth-order valence-electron chi connectivity index (χ4n) is 3.31. The van der Waals surface area contributed by atoms with Gasteiger partial charge in [0.25, 0.3) is 20.0 Å². The highest BCUT2D eigenvalue weighted by atomic mass is 32.2. The Morgan fingerprint density at radius 2 is 0.865 bits per heavy atom. The number of hydrogen-bond acceptors (Lipinski definition) is 4. The molecular weight excluding hydrogens is 504 g/mol. The molecule has 0 unspecified atom stereocenters. The largest absolute Gasteiger partial charge is 0.280 e. The predicted molar refractivity (Wildman–Crippen MR) is 151 cm³/mol. The maximum Gasteiger partial charge on any atom is 0.264 e. The van der Waals surface area contributed by atoms with Gasteiger partial charge in [-0.3, -0.25) is 9.03 Å². The minimum atomic E-state index is -3.49. The molecule has 0 aliphatic carbocycles. The molecule has 0 aliphatic heterocycles. The van der Waals surface area contributed by atoms with Crippen molar-refractivity contribution in [2.24, 2.45) is 0 Å². The maximum absolute atomic E-state index is 12.5. The summed E-state index contributed by atoms with van der Waals surface area (Å²) in [6.45, 7) is 7.78. The lowest BCUT2D eigenvalue weighted by molar-refractivity contribution is 0.594. The van der Waals surface area contributed by atoms with E-state index in [9.17, 15) is 16.8 Å². The van der Waals surface area contributed by atoms with Crippen LogP contribution in [0.1, 0.15) is 22.3 Å². The molecular formula is C29H32N2O4S2. The van der Waals surface area contributed by atoms with Crippen molar-refractivity contribution in [3.05, 3.63) is 119 Å². The number of benzene rings is 4. The van der Waals surface area contributed by atoms with Crippen LogP contribution in [0.15, 0.2) is 107 Å². The molecule has 194 valence electrons. The van der Waals surface area contributed by atoms with Gasteiger partial charge in [0.2, 0.25) is 0 Å². The number of rotatable bonds is 6. The van der Waals surface area contributed by atoms with Crippen LogP contribution in [0.3, 0.4) is 0 Å². The number of hydrogen-bond donors (Lipinski definition) is 1. The summed E-state index contributed by atoms with van der Waals surface area (Å²) in [5.74, 6) is 0. The Morgan fingerprint density at radius 1 is 0.514 bits per heavy atom. The van der Waals surface area contributed by atoms with Crippen LogP contribution in [0, 0.1) is 27.7 Å². The average molecular weight is 537 g/mol. The van der Waals surface area contributed by atoms with Gasteiger partial charge in [-0.25, -0.2) is 16.8 Å². The van der Waals surface area contributed by atoms with Crippen LogP contribution in [-0.4, -0.2) is 23.9 Å². The molecule has 0 heterocycles. The monoisotopic (exact) mass is 536 g/mol. The Balaban J connectivity index is 0.000000206. The molecule has 0 aromatic heterocycles. The smallest absolute Gasteiger partial charge is 0.264 e. The number of anilines is 2. The fourth-order valence-corrected chi connectivity index (χ4v) is 5.57. The second-order valence-corrected chi connectivity index (χ2v) is 12.6. The van der Waals surface area contributed by atoms with E-state index in [0.717, 1.165) is 22.3 Å². The van der Waals surface area contributed by atoms with Gasteiger partial charge in [-0.1, -0.05) is 70.8 Å². The lowest BCUT2D eigenvalue weighted by Gasteiger charge is -2.19. The summed E-state index contributed by atoms with van der Waals surface area (Å²) < 4.78 is 52.9. The molecule has 0 bridgehead atoms. The van der Waals surface area contributed by atoms with E-state index < -0.39 is 20.0 Å². The number of nitrogens with zero attached hydrogens (tertiary/aromatic N) is 1. The zero-order chi connectivity index (χ0) is 27.2. The molecule has 0 fully saturated rings. The molecule has 6 nitrogen and oxygen atoms in total. The Morgan fingerprint density at radius 3 is 1.30 bits per heavy atom. The van der Waals surface area contributed by atoms with Gasteiger partial charge in [0.1, 0.15) is 0 Å². The summed E-state index contributed by atoms with van der Waals surface area (Å²) in [7, 11) is -5.41. The highest BCUT2D eigenvalue weighted by Crippen LogP contribution is 2.22. The van der Waals surface area contributed by atoms with Crippen LogP contribution in [-0.2, 0) is 20.0 Å². The summed E-state index contributed by atoms with van der Waals surface area (Å²) in [6.07, 6.45) is 0. The molecule has 37 heavy (non-hydrogen) atoms. The molecule has 4 rings (SSSR count). The van der Waals surface area contributed by atoms with Crippen LogP contribution in [0.4, 0.5) is 11.4 Å². The van der Waals surface area contributed by atoms with Crippen LogP contribution < -0.4 is 9.03 Å². The van der Waals surface area contributed by atoms with Crippen molar-refractivity contribution in [2.75, 3.05) is 16.1 Å². The Hall–Kier alpha value is -3.62. The molecule has 0 aliphatic rings. The summed E-state index contributed by atoms with van der Waals surface area (Å²) in [5, 5.41) is 0. The van der Waals surface area contributed by atoms with E-state index in [1.165, 1.54) is 4.31 Å². The molecule has 0 radical (unpaired) electrons. The van der Waals surface area contributed by atoms with Crippen molar-refractivity contribution in [2.45, 2.75) is 37.5 Å². The zero-order valence-electron chi connectivity index (χ0n) is 21.6. The lowest BCUT2D eigenvalue weighted by Crippen LogP contribution is -2.26. The van der Waals surface area contributed by atoms with E-state index in [0.29, 0.717) is 16.3 Å². The van der Waals surface area contributed by atoms with E-state index in [4.69, 9.17) is 0 Å². The molecule has 0 amide bonds. The van der Waals surface area contributed by atoms with Crippen LogP contribution in [0.25, 0.3) is 0 Å². The number of aryl methyl sites for hydroxylation is 4. The Bertz CT molecular complexity index is 1530. The number of sulfonamides is 2. The maximum atomic E-state index is 12.5. The van der Waals surface area contributed by atoms with E-state index in [1.54, 1.807) is 79.8 Å². The summed E-state index contributed by atoms with van der Waals surface area (Å²) in [6, 6.07) is 28.3. The molecule has 4 aromatic rings. The highest BCUT2D eigenvalue weighted by Gasteiger charge is 2.20. The number of nitrogens with one attached hydrogen (secondary N) is 1. The fraction of sp³-hybridized carbons (Fsp3) is 0.172. The minimum Gasteiger partial charge on any atom is -0.280 e. The summed E-state index contributed by atoms with van der Waals surface area (Å²) >= 11 is 0. The predicted octanol–water partition coefficient (Wildman–Crippen LogP) is 6.23. The van der Waals surface area contributed by atoms with Crippen molar-refractivity contribution in [1.29, 1.82) is 0 Å². The first-order chi connectivity index (χ1) is 17.4. The van der Waals surface area contributed by atoms with Gasteiger partial charge in [0, 0.05) is 12.7 Å². The van der Waals surface area contributed by atoms with Crippen LogP contribution in [0.2, 0.25) is 0 Å².